The third-order valence-corrected chi connectivity index (χ3v) is 8.07. The van der Waals surface area contributed by atoms with Gasteiger partial charge in [0, 0.05) is 24.7 Å². The Morgan fingerprint density at radius 2 is 1.55 bits per heavy atom. The molecule has 2 saturated carbocycles. The highest BCUT2D eigenvalue weighted by Crippen LogP contribution is 2.27. The van der Waals surface area contributed by atoms with E-state index in [1.165, 1.54) is 36.3 Å². The zero-order valence-electron chi connectivity index (χ0n) is 22.3. The summed E-state index contributed by atoms with van der Waals surface area (Å²) in [5, 5.41) is 0. The maximum atomic E-state index is 13.7. The molecule has 1 N–H and O–H groups in total. The van der Waals surface area contributed by atoms with Gasteiger partial charge in [0.15, 0.2) is 5.65 Å². The summed E-state index contributed by atoms with van der Waals surface area (Å²) in [7, 11) is 0. The summed E-state index contributed by atoms with van der Waals surface area (Å²) >= 11 is 0. The van der Waals surface area contributed by atoms with Crippen LogP contribution in [0.2, 0.25) is 0 Å². The number of benzene rings is 1. The van der Waals surface area contributed by atoms with E-state index in [0.29, 0.717) is 48.5 Å². The molecule has 1 aromatic carbocycles. The standard InChI is InChI=1S/C30H38N4O4/c1-2-38-25(35)18-15-21-13-16-24(17-14-21)27-31-26-28(32-27)33(19-22-9-5-3-6-10-22)30(37)34(29(26)36)20-23-11-7-4-8-12-23/h13-18,22-23H,2-12,19-20H2,1H3,(H,31,32)/b18-15+. The van der Waals surface area contributed by atoms with Crippen molar-refractivity contribution in [2.75, 3.05) is 6.61 Å². The molecule has 5 rings (SSSR count). The van der Waals surface area contributed by atoms with E-state index in [1.54, 1.807) is 17.6 Å². The molecule has 0 aliphatic heterocycles. The number of hydrogen-bond donors (Lipinski definition) is 1. The van der Waals surface area contributed by atoms with E-state index in [9.17, 15) is 14.4 Å². The van der Waals surface area contributed by atoms with Gasteiger partial charge in [0.05, 0.1) is 6.61 Å². The first kappa shape index (κ1) is 26.2. The van der Waals surface area contributed by atoms with Crippen LogP contribution >= 0.6 is 0 Å². The van der Waals surface area contributed by atoms with Crippen LogP contribution in [0.15, 0.2) is 39.9 Å². The first-order valence-corrected chi connectivity index (χ1v) is 14.2. The van der Waals surface area contributed by atoms with E-state index in [4.69, 9.17) is 9.72 Å². The maximum Gasteiger partial charge on any atom is 0.332 e. The Labute approximate surface area is 222 Å². The second-order valence-electron chi connectivity index (χ2n) is 10.8. The van der Waals surface area contributed by atoms with Crippen molar-refractivity contribution in [3.8, 4) is 11.4 Å². The second kappa shape index (κ2) is 12.0. The number of fused-ring (bicyclic) bond motifs is 1. The molecule has 2 aliphatic carbocycles. The van der Waals surface area contributed by atoms with Crippen molar-refractivity contribution in [2.45, 2.75) is 84.2 Å². The van der Waals surface area contributed by atoms with Crippen LogP contribution in [-0.4, -0.2) is 31.7 Å². The number of esters is 1. The van der Waals surface area contributed by atoms with Crippen molar-refractivity contribution in [3.05, 3.63) is 56.7 Å². The Balaban J connectivity index is 1.51. The number of hydrogen-bond acceptors (Lipinski definition) is 5. The highest BCUT2D eigenvalue weighted by atomic mass is 16.5. The number of aromatic amines is 1. The Bertz CT molecular complexity index is 1400. The Hall–Kier alpha value is -3.42. The Morgan fingerprint density at radius 3 is 2.16 bits per heavy atom. The van der Waals surface area contributed by atoms with Crippen molar-refractivity contribution >= 4 is 23.2 Å². The second-order valence-corrected chi connectivity index (χ2v) is 10.8. The van der Waals surface area contributed by atoms with E-state index in [1.807, 2.05) is 24.3 Å². The average molecular weight is 519 g/mol. The van der Waals surface area contributed by atoms with Gasteiger partial charge in [0.2, 0.25) is 0 Å². The average Bonchev–Trinajstić information content (AvgIpc) is 3.40. The van der Waals surface area contributed by atoms with Crippen molar-refractivity contribution < 1.29 is 9.53 Å². The minimum atomic E-state index is -0.380. The number of H-pyrrole nitrogens is 1. The quantitative estimate of drug-likeness (QED) is 0.323. The lowest BCUT2D eigenvalue weighted by Gasteiger charge is -2.24. The number of nitrogens with zero attached hydrogens (tertiary/aromatic N) is 3. The fourth-order valence-corrected chi connectivity index (χ4v) is 5.99. The van der Waals surface area contributed by atoms with Gasteiger partial charge in [-0.15, -0.1) is 0 Å². The number of nitrogens with one attached hydrogen (secondary N) is 1. The third-order valence-electron chi connectivity index (χ3n) is 8.07. The van der Waals surface area contributed by atoms with Gasteiger partial charge in [-0.2, -0.15) is 0 Å². The molecule has 0 radical (unpaired) electrons. The van der Waals surface area contributed by atoms with E-state index < -0.39 is 0 Å². The molecule has 0 atom stereocenters. The van der Waals surface area contributed by atoms with Crippen LogP contribution in [-0.2, 0) is 22.6 Å². The maximum absolute atomic E-state index is 13.7. The molecular weight excluding hydrogens is 480 g/mol. The van der Waals surface area contributed by atoms with Gasteiger partial charge in [-0.1, -0.05) is 62.8 Å². The number of carbonyl (C=O) groups excluding carboxylic acids is 1. The molecule has 2 aliphatic rings. The van der Waals surface area contributed by atoms with Gasteiger partial charge in [0.1, 0.15) is 11.3 Å². The molecular formula is C30H38N4O4. The van der Waals surface area contributed by atoms with Gasteiger partial charge < -0.3 is 9.72 Å². The lowest BCUT2D eigenvalue weighted by molar-refractivity contribution is -0.137. The molecule has 3 aromatic rings. The van der Waals surface area contributed by atoms with Crippen LogP contribution in [0.25, 0.3) is 28.6 Å². The van der Waals surface area contributed by atoms with Crippen LogP contribution in [0, 0.1) is 11.8 Å². The monoisotopic (exact) mass is 518 g/mol. The van der Waals surface area contributed by atoms with Crippen molar-refractivity contribution in [3.63, 3.8) is 0 Å². The molecule has 2 aromatic heterocycles. The molecule has 0 amide bonds. The molecule has 2 heterocycles. The van der Waals surface area contributed by atoms with Gasteiger partial charge in [-0.05, 0) is 56.1 Å². The van der Waals surface area contributed by atoms with Crippen molar-refractivity contribution in [1.82, 2.24) is 19.1 Å². The van der Waals surface area contributed by atoms with Crippen LogP contribution in [0.1, 0.15) is 76.7 Å². The normalized spacial score (nSPS) is 17.4. The number of imidazole rings is 1. The van der Waals surface area contributed by atoms with Gasteiger partial charge in [-0.3, -0.25) is 13.9 Å². The van der Waals surface area contributed by atoms with Gasteiger partial charge in [-0.25, -0.2) is 14.6 Å². The molecule has 2 fully saturated rings. The van der Waals surface area contributed by atoms with Crippen LogP contribution < -0.4 is 11.2 Å². The smallest absolute Gasteiger partial charge is 0.332 e. The number of rotatable bonds is 8. The first-order chi connectivity index (χ1) is 18.5. The third kappa shape index (κ3) is 5.84. The summed E-state index contributed by atoms with van der Waals surface area (Å²) in [6.07, 6.45) is 14.6. The predicted octanol–water partition coefficient (Wildman–Crippen LogP) is 5.29. The summed E-state index contributed by atoms with van der Waals surface area (Å²) in [5.41, 5.74) is 2.01. The lowest BCUT2D eigenvalue weighted by Crippen LogP contribution is -2.42. The van der Waals surface area contributed by atoms with Gasteiger partial charge in [0.25, 0.3) is 5.56 Å². The summed E-state index contributed by atoms with van der Waals surface area (Å²) < 4.78 is 8.15. The van der Waals surface area contributed by atoms with Gasteiger partial charge >= 0.3 is 11.7 Å². The fraction of sp³-hybridized carbons (Fsp3) is 0.533. The summed E-state index contributed by atoms with van der Waals surface area (Å²) in [6.45, 7) is 3.19. The number of carbonyl (C=O) groups is 1. The van der Waals surface area contributed by atoms with E-state index in [0.717, 1.165) is 49.7 Å². The van der Waals surface area contributed by atoms with Crippen molar-refractivity contribution in [2.24, 2.45) is 11.8 Å². The zero-order valence-corrected chi connectivity index (χ0v) is 22.3. The minimum absolute atomic E-state index is 0.226. The van der Waals surface area contributed by atoms with Crippen LogP contribution in [0.5, 0.6) is 0 Å². The summed E-state index contributed by atoms with van der Waals surface area (Å²) in [6, 6.07) is 7.56. The van der Waals surface area contributed by atoms with Crippen LogP contribution in [0.4, 0.5) is 0 Å². The summed E-state index contributed by atoms with van der Waals surface area (Å²) in [5.74, 6) is 0.975. The number of aromatic nitrogens is 4. The molecule has 8 heteroatoms. The number of ether oxygens (including phenoxy) is 1. The minimum Gasteiger partial charge on any atom is -0.463 e. The van der Waals surface area contributed by atoms with E-state index in [-0.39, 0.29) is 17.2 Å². The topological polar surface area (TPSA) is 99.0 Å². The van der Waals surface area contributed by atoms with Crippen LogP contribution in [0.3, 0.4) is 0 Å². The zero-order chi connectivity index (χ0) is 26.5. The van der Waals surface area contributed by atoms with E-state index in [2.05, 4.69) is 4.98 Å². The largest absolute Gasteiger partial charge is 0.463 e. The first-order valence-electron chi connectivity index (χ1n) is 14.2. The highest BCUT2D eigenvalue weighted by molar-refractivity contribution is 5.87. The molecule has 0 saturated heterocycles. The molecule has 0 unspecified atom stereocenters. The highest BCUT2D eigenvalue weighted by Gasteiger charge is 2.24. The van der Waals surface area contributed by atoms with Crippen molar-refractivity contribution in [1.29, 1.82) is 0 Å². The predicted molar refractivity (Wildman–Crippen MR) is 149 cm³/mol. The Morgan fingerprint density at radius 1 is 0.947 bits per heavy atom. The van der Waals surface area contributed by atoms with E-state index >= 15 is 0 Å². The molecule has 0 bridgehead atoms. The molecule has 0 spiro atoms. The molecule has 38 heavy (non-hydrogen) atoms. The molecule has 8 nitrogen and oxygen atoms in total. The Kier molecular flexibility index (Phi) is 8.25. The lowest BCUT2D eigenvalue weighted by atomic mass is 9.89. The molecule has 202 valence electrons. The SMILES string of the molecule is CCOC(=O)/C=C/c1ccc(-c2nc3c([nH]2)c(=O)n(CC2CCCCC2)c(=O)n3CC2CCCCC2)cc1. The summed E-state index contributed by atoms with van der Waals surface area (Å²) in [4.78, 5) is 47.0. The fourth-order valence-electron chi connectivity index (χ4n) is 5.99.